The van der Waals surface area contributed by atoms with Crippen LogP contribution >= 0.6 is 15.9 Å². The number of aliphatic hydroxyl groups is 1. The summed E-state index contributed by atoms with van der Waals surface area (Å²) in [6.07, 6.45) is -1.70. The number of ether oxygens (including phenoxy) is 3. The number of halogens is 2. The zero-order valence-corrected chi connectivity index (χ0v) is 10.3. The molecule has 0 spiro atoms. The van der Waals surface area contributed by atoms with E-state index in [1.807, 2.05) is 0 Å². The van der Waals surface area contributed by atoms with Crippen LogP contribution in [0.2, 0.25) is 0 Å². The minimum atomic E-state index is -1.70. The van der Waals surface area contributed by atoms with Crippen molar-refractivity contribution in [3.8, 4) is 11.5 Å². The Morgan fingerprint density at radius 3 is 3.00 bits per heavy atom. The predicted octanol–water partition coefficient (Wildman–Crippen LogP) is 1.52. The van der Waals surface area contributed by atoms with E-state index in [1.165, 1.54) is 6.07 Å². The van der Waals surface area contributed by atoms with Gasteiger partial charge in [-0.2, -0.15) is 0 Å². The van der Waals surface area contributed by atoms with Gasteiger partial charge in [-0.15, -0.1) is 0 Å². The number of esters is 1. The molecule has 0 aromatic heterocycles. The van der Waals surface area contributed by atoms with E-state index in [1.54, 1.807) is 0 Å². The summed E-state index contributed by atoms with van der Waals surface area (Å²) in [5.74, 6) is -1.26. The van der Waals surface area contributed by atoms with Crippen LogP contribution in [-0.4, -0.2) is 25.0 Å². The van der Waals surface area contributed by atoms with Crippen LogP contribution < -0.4 is 9.47 Å². The topological polar surface area (TPSA) is 65.0 Å². The Balaban J connectivity index is 2.49. The largest absolute Gasteiger partial charge is 0.467 e. The van der Waals surface area contributed by atoms with Crippen molar-refractivity contribution in [1.29, 1.82) is 0 Å². The molecule has 0 radical (unpaired) electrons. The highest BCUT2D eigenvalue weighted by Crippen LogP contribution is 2.43. The van der Waals surface area contributed by atoms with Gasteiger partial charge in [0, 0.05) is 5.56 Å². The first-order chi connectivity index (χ1) is 8.06. The fourth-order valence-electron chi connectivity index (χ4n) is 1.44. The number of benzene rings is 1. The molecule has 1 aromatic rings. The molecule has 0 amide bonds. The summed E-state index contributed by atoms with van der Waals surface area (Å²) in [6.45, 7) is -0.0366. The molecule has 1 aliphatic rings. The Bertz CT molecular complexity index is 476. The Labute approximate surface area is 104 Å². The molecule has 1 heterocycles. The number of hydrogen-bond donors (Lipinski definition) is 1. The summed E-state index contributed by atoms with van der Waals surface area (Å²) in [5.41, 5.74) is -0.229. The second-order valence-electron chi connectivity index (χ2n) is 3.25. The molecule has 92 valence electrons. The van der Waals surface area contributed by atoms with E-state index in [9.17, 15) is 14.3 Å². The molecule has 1 N–H and O–H groups in total. The third-order valence-electron chi connectivity index (χ3n) is 2.29. The monoisotopic (exact) mass is 306 g/mol. The first-order valence-electron chi connectivity index (χ1n) is 4.59. The molecule has 17 heavy (non-hydrogen) atoms. The van der Waals surface area contributed by atoms with Crippen molar-refractivity contribution >= 4 is 21.9 Å². The Morgan fingerprint density at radius 1 is 1.65 bits per heavy atom. The molecule has 2 rings (SSSR count). The summed E-state index contributed by atoms with van der Waals surface area (Å²) >= 11 is 2.98. The molecule has 0 bridgehead atoms. The van der Waals surface area contributed by atoms with Crippen LogP contribution in [0.4, 0.5) is 4.39 Å². The van der Waals surface area contributed by atoms with Crippen LogP contribution in [0.3, 0.4) is 0 Å². The van der Waals surface area contributed by atoms with Crippen molar-refractivity contribution in [2.24, 2.45) is 0 Å². The van der Waals surface area contributed by atoms with Gasteiger partial charge in [-0.25, -0.2) is 9.18 Å². The molecule has 1 aromatic carbocycles. The molecule has 1 atom stereocenters. The summed E-state index contributed by atoms with van der Waals surface area (Å²) in [5, 5.41) is 9.59. The van der Waals surface area contributed by atoms with E-state index in [2.05, 4.69) is 20.7 Å². The Hall–Kier alpha value is -1.34. The average molecular weight is 307 g/mol. The van der Waals surface area contributed by atoms with E-state index in [0.717, 1.165) is 7.11 Å². The van der Waals surface area contributed by atoms with Crippen LogP contribution in [0.5, 0.6) is 11.5 Å². The first-order valence-corrected chi connectivity index (χ1v) is 5.39. The molecule has 7 heteroatoms. The summed E-state index contributed by atoms with van der Waals surface area (Å²) in [6, 6.07) is 1.21. The van der Waals surface area contributed by atoms with E-state index >= 15 is 0 Å². The van der Waals surface area contributed by atoms with Gasteiger partial charge >= 0.3 is 5.97 Å². The highest BCUT2D eigenvalue weighted by Gasteiger charge is 2.29. The smallest absolute Gasteiger partial charge is 0.339 e. The normalized spacial score (nSPS) is 14.6. The fourth-order valence-corrected chi connectivity index (χ4v) is 1.97. The molecule has 1 aliphatic heterocycles. The fraction of sp³-hybridized carbons (Fsp3) is 0.300. The first kappa shape index (κ1) is 12.1. The molecule has 0 aliphatic carbocycles. The number of rotatable bonds is 2. The molecule has 0 fully saturated rings. The predicted molar refractivity (Wildman–Crippen MR) is 57.2 cm³/mol. The number of aliphatic hydroxyl groups excluding tert-OH is 1. The van der Waals surface area contributed by atoms with Crippen LogP contribution in [0, 0.1) is 5.82 Å². The van der Waals surface area contributed by atoms with Crippen molar-refractivity contribution in [2.75, 3.05) is 13.9 Å². The summed E-state index contributed by atoms with van der Waals surface area (Å²) < 4.78 is 28.3. The zero-order valence-electron chi connectivity index (χ0n) is 8.70. The second kappa shape index (κ2) is 4.50. The average Bonchev–Trinajstić information content (AvgIpc) is 2.80. The molecular weight excluding hydrogens is 299 g/mol. The third-order valence-corrected chi connectivity index (χ3v) is 3.00. The number of carbonyl (C=O) groups excluding carboxylic acids is 1. The highest BCUT2D eigenvalue weighted by atomic mass is 79.9. The molecular formula is C10H8BrFO5. The molecule has 1 unspecified atom stereocenters. The second-order valence-corrected chi connectivity index (χ2v) is 4.05. The van der Waals surface area contributed by atoms with Crippen LogP contribution in [0.1, 0.15) is 11.7 Å². The highest BCUT2D eigenvalue weighted by molar-refractivity contribution is 9.10. The number of methoxy groups -OCH3 is 1. The van der Waals surface area contributed by atoms with E-state index < -0.39 is 17.9 Å². The number of fused-ring (bicyclic) bond motifs is 1. The van der Waals surface area contributed by atoms with Gasteiger partial charge in [0.1, 0.15) is 5.82 Å². The van der Waals surface area contributed by atoms with Gasteiger partial charge in [0.25, 0.3) is 0 Å². The summed E-state index contributed by atoms with van der Waals surface area (Å²) in [4.78, 5) is 11.1. The molecule has 0 saturated carbocycles. The minimum Gasteiger partial charge on any atom is -0.467 e. The van der Waals surface area contributed by atoms with Gasteiger partial charge < -0.3 is 19.3 Å². The maximum Gasteiger partial charge on any atom is 0.339 e. The van der Waals surface area contributed by atoms with Gasteiger partial charge in [0.2, 0.25) is 6.79 Å². The maximum absolute atomic E-state index is 13.9. The van der Waals surface area contributed by atoms with Gasteiger partial charge in [-0.1, -0.05) is 0 Å². The minimum absolute atomic E-state index is 0.00505. The third kappa shape index (κ3) is 1.96. The maximum atomic E-state index is 13.9. The Kier molecular flexibility index (Phi) is 3.21. The zero-order chi connectivity index (χ0) is 12.6. The lowest BCUT2D eigenvalue weighted by atomic mass is 10.1. The van der Waals surface area contributed by atoms with Crippen molar-refractivity contribution in [1.82, 2.24) is 0 Å². The van der Waals surface area contributed by atoms with Crippen molar-refractivity contribution < 1.29 is 28.5 Å². The van der Waals surface area contributed by atoms with E-state index in [4.69, 9.17) is 9.47 Å². The van der Waals surface area contributed by atoms with Crippen LogP contribution in [0.15, 0.2) is 10.5 Å². The van der Waals surface area contributed by atoms with Crippen molar-refractivity contribution in [2.45, 2.75) is 6.10 Å². The standard InChI is InChI=1S/C10H8BrFO5/c1-15-10(14)8(13)4-2-5-9(17-3-16-5)6(11)7(4)12/h2,8,13H,3H2,1H3. The SMILES string of the molecule is COC(=O)C(O)c1cc2c(c(Br)c1F)OCO2. The van der Waals surface area contributed by atoms with Gasteiger partial charge in [-0.3, -0.25) is 0 Å². The quantitative estimate of drug-likeness (QED) is 0.839. The van der Waals surface area contributed by atoms with Gasteiger partial charge in [-0.05, 0) is 22.0 Å². The van der Waals surface area contributed by atoms with Crippen LogP contribution in [-0.2, 0) is 9.53 Å². The van der Waals surface area contributed by atoms with Crippen LogP contribution in [0.25, 0.3) is 0 Å². The lowest BCUT2D eigenvalue weighted by molar-refractivity contribution is -0.150. The van der Waals surface area contributed by atoms with Crippen molar-refractivity contribution in [3.63, 3.8) is 0 Å². The Morgan fingerprint density at radius 2 is 2.35 bits per heavy atom. The lowest BCUT2D eigenvalue weighted by Crippen LogP contribution is -2.15. The lowest BCUT2D eigenvalue weighted by Gasteiger charge is -2.11. The van der Waals surface area contributed by atoms with Crippen molar-refractivity contribution in [3.05, 3.63) is 21.9 Å². The molecule has 0 saturated heterocycles. The van der Waals surface area contributed by atoms with Gasteiger partial charge in [0.05, 0.1) is 11.6 Å². The van der Waals surface area contributed by atoms with E-state index in [0.29, 0.717) is 0 Å². The van der Waals surface area contributed by atoms with E-state index in [-0.39, 0.29) is 28.3 Å². The van der Waals surface area contributed by atoms with Gasteiger partial charge in [0.15, 0.2) is 17.6 Å². The number of hydrogen-bond acceptors (Lipinski definition) is 5. The molecule has 5 nitrogen and oxygen atoms in total. The summed E-state index contributed by atoms with van der Waals surface area (Å²) in [7, 11) is 1.10. The number of carbonyl (C=O) groups is 1.